The molecule has 1 aromatic heterocycles. The summed E-state index contributed by atoms with van der Waals surface area (Å²) < 4.78 is 87.4. The number of hydrogen-bond acceptors (Lipinski definition) is 2. The zero-order valence-electron chi connectivity index (χ0n) is 23.9. The van der Waals surface area contributed by atoms with Crippen LogP contribution >= 0.6 is 0 Å². The summed E-state index contributed by atoms with van der Waals surface area (Å²) in [6.45, 7) is -2.57. The van der Waals surface area contributed by atoms with Gasteiger partial charge in [0.1, 0.15) is 12.4 Å². The minimum absolute atomic E-state index is 0.136. The summed E-state index contributed by atoms with van der Waals surface area (Å²) in [6.07, 6.45) is -2.43. The van der Waals surface area contributed by atoms with Gasteiger partial charge in [-0.05, 0) is 77.9 Å². The van der Waals surface area contributed by atoms with Crippen LogP contribution in [0.4, 0.5) is 26.3 Å². The first-order valence-corrected chi connectivity index (χ1v) is 14.1. The second-order valence-electron chi connectivity index (χ2n) is 10.7. The van der Waals surface area contributed by atoms with Gasteiger partial charge < -0.3 is 14.4 Å². The third-order valence-electron chi connectivity index (χ3n) is 8.28. The monoisotopic (exact) mass is 617 g/mol. The number of carbonyl (C=O) groups is 1. The Hall–Kier alpha value is -4.21. The summed E-state index contributed by atoms with van der Waals surface area (Å²) in [4.78, 5) is 13.0. The molecule has 1 atom stereocenters. The van der Waals surface area contributed by atoms with Crippen molar-refractivity contribution in [3.63, 3.8) is 0 Å². The van der Waals surface area contributed by atoms with E-state index in [1.807, 2.05) is 0 Å². The second-order valence-corrected chi connectivity index (χ2v) is 10.7. The van der Waals surface area contributed by atoms with E-state index >= 15 is 0 Å². The van der Waals surface area contributed by atoms with Crippen LogP contribution in [0.25, 0.3) is 11.1 Å². The van der Waals surface area contributed by atoms with Crippen molar-refractivity contribution in [2.24, 2.45) is 5.41 Å². The maximum absolute atomic E-state index is 13.8. The molecule has 1 N–H and O–H groups in total. The molecule has 0 aliphatic rings. The highest BCUT2D eigenvalue weighted by atomic mass is 19.4. The Balaban J connectivity index is 1.51. The second kappa shape index (κ2) is 14.1. The van der Waals surface area contributed by atoms with Crippen LogP contribution in [-0.4, -0.2) is 35.7 Å². The number of carboxylic acids is 1. The third kappa shape index (κ3) is 6.95. The molecule has 0 bridgehead atoms. The maximum Gasteiger partial charge on any atom is 0.416 e. The Labute approximate surface area is 251 Å². The highest BCUT2D eigenvalue weighted by Gasteiger charge is 2.57. The highest BCUT2D eigenvalue weighted by Crippen LogP contribution is 2.49. The number of ether oxygens (including phenoxy) is 1. The molecule has 44 heavy (non-hydrogen) atoms. The van der Waals surface area contributed by atoms with Crippen molar-refractivity contribution in [2.75, 3.05) is 20.0 Å². The molecule has 0 unspecified atom stereocenters. The van der Waals surface area contributed by atoms with E-state index in [9.17, 15) is 36.2 Å². The summed E-state index contributed by atoms with van der Waals surface area (Å²) in [5, 5.41) is 10.6. The first-order valence-electron chi connectivity index (χ1n) is 14.1. The molecule has 4 aromatic rings. The summed E-state index contributed by atoms with van der Waals surface area (Å²) in [7, 11) is 0. The van der Waals surface area contributed by atoms with Gasteiger partial charge >= 0.3 is 12.1 Å². The molecule has 1 heterocycles. The lowest BCUT2D eigenvalue weighted by molar-refractivity contribution is -0.159. The van der Waals surface area contributed by atoms with Gasteiger partial charge in [0.25, 0.3) is 0 Å². The number of benzene rings is 3. The fraction of sp³-hybridized carbons (Fsp3) is 0.324. The van der Waals surface area contributed by atoms with Gasteiger partial charge in [0.2, 0.25) is 0 Å². The molecule has 0 radical (unpaired) electrons. The number of nitrogens with zero attached hydrogens (tertiary/aromatic N) is 1. The number of alkyl halides is 6. The molecule has 0 aliphatic heterocycles. The topological polar surface area (TPSA) is 51.5 Å². The van der Waals surface area contributed by atoms with Crippen LogP contribution in [0.5, 0.6) is 5.75 Å². The van der Waals surface area contributed by atoms with Crippen LogP contribution < -0.4 is 4.74 Å². The summed E-state index contributed by atoms with van der Waals surface area (Å²) in [5.74, 6) is -0.811. The lowest BCUT2D eigenvalue weighted by Crippen LogP contribution is -2.57. The largest absolute Gasteiger partial charge is 0.489 e. The number of aliphatic carboxylic acids is 1. The Morgan fingerprint density at radius 2 is 1.18 bits per heavy atom. The Morgan fingerprint density at radius 3 is 1.64 bits per heavy atom. The smallest absolute Gasteiger partial charge is 0.416 e. The van der Waals surface area contributed by atoms with Crippen molar-refractivity contribution in [2.45, 2.75) is 44.0 Å². The summed E-state index contributed by atoms with van der Waals surface area (Å²) in [5.41, 5.74) is -1.32. The Kier molecular flexibility index (Phi) is 10.4. The first-order chi connectivity index (χ1) is 21.1. The molecule has 0 amide bonds. The van der Waals surface area contributed by atoms with Crippen molar-refractivity contribution in [1.82, 2.24) is 4.57 Å². The van der Waals surface area contributed by atoms with Crippen LogP contribution in [0.15, 0.2) is 97.3 Å². The van der Waals surface area contributed by atoms with E-state index in [1.165, 1.54) is 29.1 Å². The van der Waals surface area contributed by atoms with Crippen LogP contribution in [0.3, 0.4) is 0 Å². The maximum atomic E-state index is 13.8. The van der Waals surface area contributed by atoms with Gasteiger partial charge in [-0.25, -0.2) is 4.79 Å². The molecular weight excluding hydrogens is 584 g/mol. The predicted molar refractivity (Wildman–Crippen MR) is 156 cm³/mol. The van der Waals surface area contributed by atoms with E-state index in [2.05, 4.69) is 0 Å². The zero-order valence-corrected chi connectivity index (χ0v) is 23.9. The minimum atomic E-state index is -4.40. The average molecular weight is 618 g/mol. The van der Waals surface area contributed by atoms with Gasteiger partial charge in [0, 0.05) is 24.2 Å². The van der Waals surface area contributed by atoms with Crippen molar-refractivity contribution >= 4 is 5.97 Å². The van der Waals surface area contributed by atoms with Gasteiger partial charge in [-0.1, -0.05) is 48.5 Å². The lowest BCUT2D eigenvalue weighted by atomic mass is 9.61. The van der Waals surface area contributed by atoms with Crippen LogP contribution in [-0.2, 0) is 29.5 Å². The molecule has 0 fully saturated rings. The van der Waals surface area contributed by atoms with E-state index in [0.29, 0.717) is 16.9 Å². The van der Waals surface area contributed by atoms with Crippen LogP contribution in [0.1, 0.15) is 36.0 Å². The van der Waals surface area contributed by atoms with Gasteiger partial charge in [0.05, 0.1) is 25.6 Å². The van der Waals surface area contributed by atoms with Crippen LogP contribution in [0.2, 0.25) is 0 Å². The molecule has 0 saturated carbocycles. The quantitative estimate of drug-likeness (QED) is 0.136. The number of carboxylic acid groups (broad SMARTS) is 1. The molecule has 0 spiro atoms. The molecule has 0 saturated heterocycles. The zero-order chi connectivity index (χ0) is 31.8. The molecular formula is C34H33F6NO3. The van der Waals surface area contributed by atoms with Gasteiger partial charge in [-0.3, -0.25) is 13.2 Å². The molecule has 3 aromatic carbocycles. The highest BCUT2D eigenvalue weighted by molar-refractivity contribution is 5.79. The normalized spacial score (nSPS) is 13.4. The van der Waals surface area contributed by atoms with Crippen molar-refractivity contribution < 1.29 is 41.0 Å². The third-order valence-corrected chi connectivity index (χ3v) is 8.28. The Morgan fingerprint density at radius 1 is 0.705 bits per heavy atom. The first kappa shape index (κ1) is 32.7. The van der Waals surface area contributed by atoms with Gasteiger partial charge in [0.15, 0.2) is 5.54 Å². The van der Waals surface area contributed by atoms with Crippen LogP contribution in [0, 0.1) is 5.41 Å². The molecule has 4 rings (SSSR count). The lowest BCUT2D eigenvalue weighted by Gasteiger charge is -2.48. The van der Waals surface area contributed by atoms with Crippen molar-refractivity contribution in [1.29, 1.82) is 0 Å². The van der Waals surface area contributed by atoms with Crippen molar-refractivity contribution in [3.05, 3.63) is 114 Å². The molecule has 234 valence electrons. The summed E-state index contributed by atoms with van der Waals surface area (Å²) in [6, 6.07) is 22.0. The van der Waals surface area contributed by atoms with Gasteiger partial charge in [-0.15, -0.1) is 0 Å². The van der Waals surface area contributed by atoms with E-state index in [0.717, 1.165) is 23.3 Å². The molecule has 0 aliphatic carbocycles. The van der Waals surface area contributed by atoms with Gasteiger partial charge in [-0.2, -0.15) is 13.2 Å². The standard InChI is InChI=1S/C34H33F6NO3/c35-18-15-32(16-19-36,17-20-37)33(31(42)43,41-21-1-2-22-41)23-25-5-13-30(14-6-25)44-24-26-3-7-27(8-4-26)28-9-11-29(12-10-28)34(38,39)40/h1-14,21-22H,15-20,23-24H2,(H,42,43)/t33-/m0/s1. The number of aromatic nitrogens is 1. The van der Waals surface area contributed by atoms with E-state index in [1.54, 1.807) is 60.7 Å². The SMILES string of the molecule is O=C(O)[C@](Cc1ccc(OCc2ccc(-c3ccc(C(F)(F)F)cc3)cc2)cc1)(n1cccc1)C(CCF)(CCF)CCF. The predicted octanol–water partition coefficient (Wildman–Crippen LogP) is 8.84. The number of rotatable bonds is 15. The molecule has 10 heteroatoms. The van der Waals surface area contributed by atoms with E-state index in [4.69, 9.17) is 4.74 Å². The summed E-state index contributed by atoms with van der Waals surface area (Å²) >= 11 is 0. The number of halogens is 6. The minimum Gasteiger partial charge on any atom is -0.489 e. The molecule has 4 nitrogen and oxygen atoms in total. The fourth-order valence-electron chi connectivity index (χ4n) is 5.90. The number of hydrogen-bond donors (Lipinski definition) is 1. The average Bonchev–Trinajstić information content (AvgIpc) is 3.55. The van der Waals surface area contributed by atoms with E-state index < -0.39 is 48.7 Å². The fourth-order valence-corrected chi connectivity index (χ4v) is 5.90. The van der Waals surface area contributed by atoms with E-state index in [-0.39, 0.29) is 32.3 Å². The van der Waals surface area contributed by atoms with Crippen molar-refractivity contribution in [3.8, 4) is 16.9 Å². The Bertz CT molecular complexity index is 1450.